The highest BCUT2D eigenvalue weighted by Crippen LogP contribution is 2.37. The predicted octanol–water partition coefficient (Wildman–Crippen LogP) is 2.07. The van der Waals surface area contributed by atoms with Gasteiger partial charge in [0.25, 0.3) is 0 Å². The van der Waals surface area contributed by atoms with Crippen LogP contribution in [0.4, 0.5) is 0 Å². The highest BCUT2D eigenvalue weighted by molar-refractivity contribution is 8.00. The maximum absolute atomic E-state index is 11.0. The van der Waals surface area contributed by atoms with E-state index in [1.54, 1.807) is 0 Å². The zero-order valence-electron chi connectivity index (χ0n) is 10.1. The van der Waals surface area contributed by atoms with E-state index in [1.165, 1.54) is 6.42 Å². The van der Waals surface area contributed by atoms with Crippen LogP contribution in [0.2, 0.25) is 0 Å². The fourth-order valence-electron chi connectivity index (χ4n) is 2.58. The fourth-order valence-corrected chi connectivity index (χ4v) is 3.69. The van der Waals surface area contributed by atoms with Crippen LogP contribution >= 0.6 is 11.8 Å². The van der Waals surface area contributed by atoms with Crippen LogP contribution in [-0.4, -0.2) is 45.6 Å². The number of hydrogen-bond acceptors (Lipinski definition) is 3. The molecule has 2 fully saturated rings. The first-order valence-electron chi connectivity index (χ1n) is 6.10. The van der Waals surface area contributed by atoms with Gasteiger partial charge < -0.3 is 5.11 Å². The van der Waals surface area contributed by atoms with Crippen molar-refractivity contribution in [2.24, 2.45) is 5.92 Å². The van der Waals surface area contributed by atoms with Gasteiger partial charge in [0.15, 0.2) is 0 Å². The van der Waals surface area contributed by atoms with E-state index >= 15 is 0 Å². The molecule has 3 nitrogen and oxygen atoms in total. The third-order valence-electron chi connectivity index (χ3n) is 3.90. The molecule has 0 bridgehead atoms. The quantitative estimate of drug-likeness (QED) is 0.806. The summed E-state index contributed by atoms with van der Waals surface area (Å²) in [5, 5.41) is 9.08. The molecule has 4 heteroatoms. The van der Waals surface area contributed by atoms with E-state index in [9.17, 15) is 4.79 Å². The Bertz CT molecular complexity index is 280. The lowest BCUT2D eigenvalue weighted by Crippen LogP contribution is -2.51. The Balaban J connectivity index is 1.93. The molecule has 0 aromatic carbocycles. The number of carboxylic acids is 1. The van der Waals surface area contributed by atoms with E-state index in [0.717, 1.165) is 31.7 Å². The standard InChI is InChI=1S/C12H21NO2S/c1-12(2)5-6-13(7-8-16-12)10-4-3-9(10)11(14)15/h9-10H,3-8H2,1-2H3,(H,14,15). The minimum atomic E-state index is -0.604. The fraction of sp³-hybridized carbons (Fsp3) is 0.917. The number of carbonyl (C=O) groups is 1. The van der Waals surface area contributed by atoms with Crippen molar-refractivity contribution in [3.63, 3.8) is 0 Å². The molecule has 1 saturated carbocycles. The van der Waals surface area contributed by atoms with Gasteiger partial charge in [0.05, 0.1) is 5.92 Å². The third kappa shape index (κ3) is 2.54. The molecule has 2 aliphatic rings. The van der Waals surface area contributed by atoms with Crippen LogP contribution in [0.5, 0.6) is 0 Å². The Morgan fingerprint density at radius 1 is 1.38 bits per heavy atom. The second kappa shape index (κ2) is 4.57. The van der Waals surface area contributed by atoms with Crippen LogP contribution in [-0.2, 0) is 4.79 Å². The molecule has 0 amide bonds. The molecule has 0 aromatic heterocycles. The summed E-state index contributed by atoms with van der Waals surface area (Å²) in [6, 6.07) is 0.312. The first-order chi connectivity index (χ1) is 7.49. The number of rotatable bonds is 2. The van der Waals surface area contributed by atoms with Crippen LogP contribution in [0.15, 0.2) is 0 Å². The summed E-state index contributed by atoms with van der Waals surface area (Å²) in [5.41, 5.74) is 0. The summed E-state index contributed by atoms with van der Waals surface area (Å²) < 4.78 is 0.358. The second-order valence-electron chi connectivity index (χ2n) is 5.48. The largest absolute Gasteiger partial charge is 0.481 e. The van der Waals surface area contributed by atoms with Crippen molar-refractivity contribution in [3.8, 4) is 0 Å². The third-order valence-corrected chi connectivity index (χ3v) is 5.27. The molecule has 1 aliphatic heterocycles. The normalized spacial score (nSPS) is 35.1. The van der Waals surface area contributed by atoms with Gasteiger partial charge in [-0.25, -0.2) is 0 Å². The smallest absolute Gasteiger partial charge is 0.308 e. The number of hydrogen-bond donors (Lipinski definition) is 1. The first kappa shape index (κ1) is 12.2. The summed E-state index contributed by atoms with van der Waals surface area (Å²) in [4.78, 5) is 13.4. The van der Waals surface area contributed by atoms with E-state index in [4.69, 9.17) is 5.11 Å². The average Bonchev–Trinajstić information content (AvgIpc) is 2.25. The zero-order valence-corrected chi connectivity index (χ0v) is 10.9. The summed E-state index contributed by atoms with van der Waals surface area (Å²) in [5.74, 6) is 0.425. The molecule has 2 rings (SSSR count). The Kier molecular flexibility index (Phi) is 3.50. The number of thioether (sulfide) groups is 1. The van der Waals surface area contributed by atoms with Crippen molar-refractivity contribution < 1.29 is 9.90 Å². The van der Waals surface area contributed by atoms with Crippen LogP contribution < -0.4 is 0 Å². The van der Waals surface area contributed by atoms with Crippen molar-refractivity contribution in [2.75, 3.05) is 18.8 Å². The zero-order chi connectivity index (χ0) is 11.8. The van der Waals surface area contributed by atoms with Gasteiger partial charge in [-0.15, -0.1) is 0 Å². The van der Waals surface area contributed by atoms with Gasteiger partial charge in [-0.3, -0.25) is 9.69 Å². The monoisotopic (exact) mass is 243 g/mol. The molecular formula is C12H21NO2S. The lowest BCUT2D eigenvalue weighted by Gasteiger charge is -2.41. The van der Waals surface area contributed by atoms with Gasteiger partial charge in [-0.2, -0.15) is 11.8 Å². The van der Waals surface area contributed by atoms with Crippen molar-refractivity contribution >= 4 is 17.7 Å². The maximum Gasteiger partial charge on any atom is 0.308 e. The Hall–Kier alpha value is -0.220. The molecule has 1 saturated heterocycles. The molecule has 2 unspecified atom stereocenters. The molecule has 0 radical (unpaired) electrons. The van der Waals surface area contributed by atoms with E-state index in [2.05, 4.69) is 18.7 Å². The predicted molar refractivity (Wildman–Crippen MR) is 66.9 cm³/mol. The van der Waals surface area contributed by atoms with E-state index in [1.807, 2.05) is 11.8 Å². The molecule has 16 heavy (non-hydrogen) atoms. The highest BCUT2D eigenvalue weighted by Gasteiger charge is 2.41. The van der Waals surface area contributed by atoms with Crippen LogP contribution in [0.1, 0.15) is 33.1 Å². The maximum atomic E-state index is 11.0. The molecule has 0 aromatic rings. The van der Waals surface area contributed by atoms with Crippen molar-refractivity contribution in [1.82, 2.24) is 4.90 Å². The highest BCUT2D eigenvalue weighted by atomic mass is 32.2. The SMILES string of the molecule is CC1(C)CCN(C2CCC2C(=O)O)CCS1. The number of aliphatic carboxylic acids is 1. The van der Waals surface area contributed by atoms with Crippen molar-refractivity contribution in [2.45, 2.75) is 43.9 Å². The summed E-state index contributed by atoms with van der Waals surface area (Å²) in [6.07, 6.45) is 3.11. The Morgan fingerprint density at radius 3 is 2.69 bits per heavy atom. The lowest BCUT2D eigenvalue weighted by molar-refractivity contribution is -0.148. The van der Waals surface area contributed by atoms with E-state index in [0.29, 0.717) is 10.8 Å². The van der Waals surface area contributed by atoms with Gasteiger partial charge in [0, 0.05) is 23.1 Å². The lowest BCUT2D eigenvalue weighted by atomic mass is 9.78. The summed E-state index contributed by atoms with van der Waals surface area (Å²) in [7, 11) is 0. The van der Waals surface area contributed by atoms with Crippen LogP contribution in [0, 0.1) is 5.92 Å². The van der Waals surface area contributed by atoms with Gasteiger partial charge >= 0.3 is 5.97 Å². The van der Waals surface area contributed by atoms with Crippen LogP contribution in [0.25, 0.3) is 0 Å². The first-order valence-corrected chi connectivity index (χ1v) is 7.09. The molecule has 1 aliphatic carbocycles. The Labute approximate surface area is 102 Å². The molecule has 1 N–H and O–H groups in total. The molecular weight excluding hydrogens is 222 g/mol. The van der Waals surface area contributed by atoms with Gasteiger partial charge in [-0.05, 0) is 25.8 Å². The number of carboxylic acid groups (broad SMARTS) is 1. The topological polar surface area (TPSA) is 40.5 Å². The van der Waals surface area contributed by atoms with E-state index < -0.39 is 5.97 Å². The summed E-state index contributed by atoms with van der Waals surface area (Å²) in [6.45, 7) is 6.70. The number of nitrogens with zero attached hydrogens (tertiary/aromatic N) is 1. The molecule has 1 heterocycles. The van der Waals surface area contributed by atoms with Crippen molar-refractivity contribution in [3.05, 3.63) is 0 Å². The minimum absolute atomic E-state index is 0.105. The second-order valence-corrected chi connectivity index (χ2v) is 7.29. The molecule has 92 valence electrons. The molecule has 2 atom stereocenters. The van der Waals surface area contributed by atoms with Gasteiger partial charge in [-0.1, -0.05) is 13.8 Å². The van der Waals surface area contributed by atoms with Gasteiger partial charge in [0.2, 0.25) is 0 Å². The van der Waals surface area contributed by atoms with Crippen LogP contribution in [0.3, 0.4) is 0 Å². The molecule has 0 spiro atoms. The Morgan fingerprint density at radius 2 is 2.12 bits per heavy atom. The summed E-state index contributed by atoms with van der Waals surface area (Å²) >= 11 is 2.02. The minimum Gasteiger partial charge on any atom is -0.481 e. The van der Waals surface area contributed by atoms with E-state index in [-0.39, 0.29) is 5.92 Å². The van der Waals surface area contributed by atoms with Crippen molar-refractivity contribution in [1.29, 1.82) is 0 Å². The van der Waals surface area contributed by atoms with Gasteiger partial charge in [0.1, 0.15) is 0 Å². The average molecular weight is 243 g/mol.